The Balaban J connectivity index is 1.37. The van der Waals surface area contributed by atoms with Crippen molar-refractivity contribution in [2.75, 3.05) is 4.72 Å². The molecule has 5 rings (SSSR count). The van der Waals surface area contributed by atoms with E-state index in [1.54, 1.807) is 25.1 Å². The van der Waals surface area contributed by atoms with Crippen LogP contribution in [0.15, 0.2) is 94.3 Å². The molecule has 0 aliphatic rings. The van der Waals surface area contributed by atoms with Crippen molar-refractivity contribution in [1.29, 1.82) is 0 Å². The number of aromatic nitrogens is 2. The summed E-state index contributed by atoms with van der Waals surface area (Å²) in [6, 6.07) is 26.0. The number of benzene rings is 3. The first-order valence-corrected chi connectivity index (χ1v) is 13.1. The molecular weight excluding hydrogens is 474 g/mol. The average Bonchev–Trinajstić information content (AvgIpc) is 3.31. The Labute approximate surface area is 209 Å². The minimum absolute atomic E-state index is 0.143. The van der Waals surface area contributed by atoms with E-state index in [2.05, 4.69) is 21.8 Å². The zero-order chi connectivity index (χ0) is 25.1. The summed E-state index contributed by atoms with van der Waals surface area (Å²) >= 11 is 0. The highest BCUT2D eigenvalue weighted by Crippen LogP contribution is 2.30. The first-order chi connectivity index (χ1) is 17.4. The highest BCUT2D eigenvalue weighted by molar-refractivity contribution is 7.92. The number of ether oxygens (including phenoxy) is 1. The maximum atomic E-state index is 13.1. The fourth-order valence-corrected chi connectivity index (χ4v) is 5.20. The monoisotopic (exact) mass is 499 g/mol. The number of hydrogen-bond donors (Lipinski definition) is 1. The second-order valence-corrected chi connectivity index (χ2v) is 10.0. The number of pyridine rings is 1. The highest BCUT2D eigenvalue weighted by Gasteiger charge is 2.20. The standard InChI is InChI=1S/C28H25N3O4S/c1-3-22-17-26(24-9-4-6-10-25(24)29-22)34-18-20-12-14-21(15-13-20)23-8-5-7-11-27(23)36(32,33)31-28-16-19(2)35-30-28/h4-17H,3,18H2,1-2H3,(H,30,31). The van der Waals surface area contributed by atoms with Crippen molar-refractivity contribution in [1.82, 2.24) is 10.1 Å². The minimum atomic E-state index is -3.87. The van der Waals surface area contributed by atoms with Crippen LogP contribution >= 0.6 is 0 Å². The van der Waals surface area contributed by atoms with E-state index in [0.717, 1.165) is 39.9 Å². The summed E-state index contributed by atoms with van der Waals surface area (Å²) in [5.74, 6) is 1.46. The molecule has 0 bridgehead atoms. The maximum absolute atomic E-state index is 13.1. The Morgan fingerprint density at radius 2 is 1.69 bits per heavy atom. The van der Waals surface area contributed by atoms with E-state index in [1.165, 1.54) is 6.07 Å². The lowest BCUT2D eigenvalue weighted by atomic mass is 10.0. The van der Waals surface area contributed by atoms with E-state index < -0.39 is 10.0 Å². The van der Waals surface area contributed by atoms with Crippen molar-refractivity contribution >= 4 is 26.7 Å². The maximum Gasteiger partial charge on any atom is 0.263 e. The van der Waals surface area contributed by atoms with E-state index in [9.17, 15) is 8.42 Å². The smallest absolute Gasteiger partial charge is 0.263 e. The molecule has 0 aliphatic heterocycles. The van der Waals surface area contributed by atoms with E-state index >= 15 is 0 Å². The minimum Gasteiger partial charge on any atom is -0.488 e. The Morgan fingerprint density at radius 1 is 0.944 bits per heavy atom. The predicted molar refractivity (Wildman–Crippen MR) is 139 cm³/mol. The van der Waals surface area contributed by atoms with Crippen LogP contribution in [0.2, 0.25) is 0 Å². The molecule has 0 saturated heterocycles. The number of rotatable bonds is 8. The fourth-order valence-electron chi connectivity index (χ4n) is 3.98. The van der Waals surface area contributed by atoms with Crippen LogP contribution in [0.3, 0.4) is 0 Å². The van der Waals surface area contributed by atoms with Crippen LogP contribution in [0.5, 0.6) is 5.75 Å². The largest absolute Gasteiger partial charge is 0.488 e. The van der Waals surface area contributed by atoms with E-state index in [4.69, 9.17) is 9.26 Å². The van der Waals surface area contributed by atoms with Crippen LogP contribution in [-0.4, -0.2) is 18.6 Å². The number of nitrogens with zero attached hydrogens (tertiary/aromatic N) is 2. The summed E-state index contributed by atoms with van der Waals surface area (Å²) in [6.45, 7) is 4.15. The van der Waals surface area contributed by atoms with Crippen LogP contribution in [0.4, 0.5) is 5.82 Å². The van der Waals surface area contributed by atoms with Gasteiger partial charge in [-0.05, 0) is 42.7 Å². The topological polar surface area (TPSA) is 94.3 Å². The van der Waals surface area contributed by atoms with Gasteiger partial charge in [0.05, 0.1) is 10.4 Å². The molecule has 2 heterocycles. The Bertz CT molecular complexity index is 1630. The van der Waals surface area contributed by atoms with Crippen molar-refractivity contribution in [3.8, 4) is 16.9 Å². The molecule has 5 aromatic rings. The molecule has 0 amide bonds. The lowest BCUT2D eigenvalue weighted by Gasteiger charge is -2.13. The summed E-state index contributed by atoms with van der Waals surface area (Å²) in [5, 5.41) is 4.71. The number of para-hydroxylation sites is 1. The van der Waals surface area contributed by atoms with Gasteiger partial charge in [0.2, 0.25) is 0 Å². The second kappa shape index (κ2) is 9.83. The number of hydrogen-bond acceptors (Lipinski definition) is 6. The molecule has 36 heavy (non-hydrogen) atoms. The zero-order valence-electron chi connectivity index (χ0n) is 19.9. The van der Waals surface area contributed by atoms with Gasteiger partial charge in [0.15, 0.2) is 5.82 Å². The quantitative estimate of drug-likeness (QED) is 0.276. The van der Waals surface area contributed by atoms with Gasteiger partial charge in [-0.3, -0.25) is 9.71 Å². The third-order valence-corrected chi connectivity index (χ3v) is 7.21. The van der Waals surface area contributed by atoms with Gasteiger partial charge in [0.25, 0.3) is 10.0 Å². The van der Waals surface area contributed by atoms with Gasteiger partial charge in [-0.1, -0.05) is 66.7 Å². The number of aryl methyl sites for hydroxylation is 2. The van der Waals surface area contributed by atoms with Gasteiger partial charge in [-0.25, -0.2) is 8.42 Å². The molecule has 0 atom stereocenters. The molecule has 0 saturated carbocycles. The second-order valence-electron chi connectivity index (χ2n) is 8.39. The summed E-state index contributed by atoms with van der Waals surface area (Å²) < 4.78 is 39.8. The lowest BCUT2D eigenvalue weighted by molar-refractivity contribution is 0.309. The van der Waals surface area contributed by atoms with E-state index in [1.807, 2.05) is 60.7 Å². The Hall–Kier alpha value is -4.17. The molecular formula is C28H25N3O4S. The van der Waals surface area contributed by atoms with Crippen LogP contribution in [0.25, 0.3) is 22.0 Å². The van der Waals surface area contributed by atoms with Gasteiger partial charge >= 0.3 is 0 Å². The molecule has 8 heteroatoms. The lowest BCUT2D eigenvalue weighted by Crippen LogP contribution is -2.14. The number of nitrogens with one attached hydrogen (secondary N) is 1. The fraction of sp³-hybridized carbons (Fsp3) is 0.143. The Kier molecular flexibility index (Phi) is 6.43. The number of fused-ring (bicyclic) bond motifs is 1. The Morgan fingerprint density at radius 3 is 2.44 bits per heavy atom. The predicted octanol–water partition coefficient (Wildman–Crippen LogP) is 6.14. The molecule has 0 aliphatic carbocycles. The van der Waals surface area contributed by atoms with E-state index in [0.29, 0.717) is 17.9 Å². The number of sulfonamides is 1. The first-order valence-electron chi connectivity index (χ1n) is 11.6. The SMILES string of the molecule is CCc1cc(OCc2ccc(-c3ccccc3S(=O)(=O)Nc3cc(C)on3)cc2)c2ccccc2n1. The first kappa shape index (κ1) is 23.6. The van der Waals surface area contributed by atoms with Gasteiger partial charge < -0.3 is 9.26 Å². The van der Waals surface area contributed by atoms with Gasteiger partial charge in [-0.2, -0.15) is 0 Å². The molecule has 182 valence electrons. The van der Waals surface area contributed by atoms with Crippen LogP contribution < -0.4 is 9.46 Å². The van der Waals surface area contributed by atoms with E-state index in [-0.39, 0.29) is 10.7 Å². The van der Waals surface area contributed by atoms with Gasteiger partial charge in [-0.15, -0.1) is 0 Å². The number of anilines is 1. The highest BCUT2D eigenvalue weighted by atomic mass is 32.2. The van der Waals surface area contributed by atoms with Gasteiger partial charge in [0, 0.05) is 28.8 Å². The molecule has 7 nitrogen and oxygen atoms in total. The molecule has 2 aromatic heterocycles. The molecule has 0 spiro atoms. The van der Waals surface area contributed by atoms with Gasteiger partial charge in [0.1, 0.15) is 18.1 Å². The van der Waals surface area contributed by atoms with Crippen LogP contribution in [-0.2, 0) is 23.1 Å². The van der Waals surface area contributed by atoms with Crippen molar-refractivity contribution in [2.24, 2.45) is 0 Å². The summed E-state index contributed by atoms with van der Waals surface area (Å²) in [4.78, 5) is 4.82. The normalized spacial score (nSPS) is 11.5. The third kappa shape index (κ3) is 4.94. The van der Waals surface area contributed by atoms with Crippen molar-refractivity contribution in [2.45, 2.75) is 31.8 Å². The van der Waals surface area contributed by atoms with Crippen LogP contribution in [0, 0.1) is 6.92 Å². The summed E-state index contributed by atoms with van der Waals surface area (Å²) in [6.07, 6.45) is 0.823. The summed E-state index contributed by atoms with van der Waals surface area (Å²) in [7, 11) is -3.87. The molecule has 3 aromatic carbocycles. The van der Waals surface area contributed by atoms with Crippen molar-refractivity contribution in [3.05, 3.63) is 102 Å². The average molecular weight is 500 g/mol. The third-order valence-electron chi connectivity index (χ3n) is 5.80. The summed E-state index contributed by atoms with van der Waals surface area (Å²) in [5.41, 5.74) is 4.22. The zero-order valence-corrected chi connectivity index (χ0v) is 20.7. The van der Waals surface area contributed by atoms with Crippen molar-refractivity contribution < 1.29 is 17.7 Å². The van der Waals surface area contributed by atoms with Crippen molar-refractivity contribution in [3.63, 3.8) is 0 Å². The molecule has 0 fully saturated rings. The molecule has 0 radical (unpaired) electrons. The van der Waals surface area contributed by atoms with Crippen LogP contribution in [0.1, 0.15) is 23.9 Å². The molecule has 1 N–H and O–H groups in total. The molecule has 0 unspecified atom stereocenters.